The molecule has 1 aromatic carbocycles. The molecule has 0 radical (unpaired) electrons. The Hall–Kier alpha value is -2.44. The van der Waals surface area contributed by atoms with Gasteiger partial charge in [0.25, 0.3) is 5.82 Å². The number of nitrogen functional groups attached to an aromatic ring is 1. The van der Waals surface area contributed by atoms with Crippen LogP contribution >= 0.6 is 0 Å². The van der Waals surface area contributed by atoms with Crippen LogP contribution in [0.15, 0.2) is 29.4 Å². The van der Waals surface area contributed by atoms with Gasteiger partial charge in [0.2, 0.25) is 10.0 Å². The first-order chi connectivity index (χ1) is 9.36. The van der Waals surface area contributed by atoms with Crippen molar-refractivity contribution in [3.05, 3.63) is 30.4 Å². The maximum Gasteiger partial charge on any atom is 0.252 e. The fourth-order valence-electron chi connectivity index (χ4n) is 1.52. The van der Waals surface area contributed by atoms with Crippen LogP contribution in [0.25, 0.3) is 5.69 Å². The van der Waals surface area contributed by atoms with Crippen molar-refractivity contribution in [1.82, 2.24) is 19.1 Å². The summed E-state index contributed by atoms with van der Waals surface area (Å²) in [5.41, 5.74) is 6.49. The molecule has 0 unspecified atom stereocenters. The van der Waals surface area contributed by atoms with Gasteiger partial charge >= 0.3 is 0 Å². The Morgan fingerprint density at radius 2 is 2.10 bits per heavy atom. The molecular weight excluding hydrogens is 280 g/mol. The summed E-state index contributed by atoms with van der Waals surface area (Å²) < 4.78 is 26.5. The van der Waals surface area contributed by atoms with Gasteiger partial charge in [-0.25, -0.2) is 22.4 Å². The van der Waals surface area contributed by atoms with Crippen molar-refractivity contribution in [2.24, 2.45) is 0 Å². The van der Waals surface area contributed by atoms with Gasteiger partial charge in [0.05, 0.1) is 16.3 Å². The molecule has 0 atom stereocenters. The lowest BCUT2D eigenvalue weighted by molar-refractivity contribution is 0.520. The van der Waals surface area contributed by atoms with Crippen molar-refractivity contribution in [2.45, 2.75) is 4.90 Å². The van der Waals surface area contributed by atoms with Gasteiger partial charge in [-0.3, -0.25) is 0 Å². The van der Waals surface area contributed by atoms with Gasteiger partial charge in [-0.15, -0.1) is 5.10 Å². The molecule has 0 saturated carbocycles. The van der Waals surface area contributed by atoms with E-state index in [-0.39, 0.29) is 10.7 Å². The molecule has 2 aromatic rings. The standard InChI is InChI=1S/C11H12N6O2S/c1-16(2)20(18,19)8-3-4-9(13)10(5-8)17-7-14-11(6-12)15-17/h3-5,7H,13H2,1-2H3. The fraction of sp³-hybridized carbons (Fsp3) is 0.182. The molecule has 0 aliphatic carbocycles. The first kappa shape index (κ1) is 14.0. The zero-order valence-corrected chi connectivity index (χ0v) is 11.7. The summed E-state index contributed by atoms with van der Waals surface area (Å²) in [7, 11) is -0.693. The first-order valence-electron chi connectivity index (χ1n) is 5.50. The van der Waals surface area contributed by atoms with E-state index in [1.807, 2.05) is 0 Å². The lowest BCUT2D eigenvalue weighted by Crippen LogP contribution is -2.22. The van der Waals surface area contributed by atoms with Crippen molar-refractivity contribution in [3.8, 4) is 11.8 Å². The number of sulfonamides is 1. The summed E-state index contributed by atoms with van der Waals surface area (Å²) in [6.45, 7) is 0. The number of rotatable bonds is 3. The van der Waals surface area contributed by atoms with Gasteiger partial charge in [-0.1, -0.05) is 0 Å². The summed E-state index contributed by atoms with van der Waals surface area (Å²) in [5.74, 6) is -0.0229. The molecule has 2 N–H and O–H groups in total. The van der Waals surface area contributed by atoms with Crippen molar-refractivity contribution in [1.29, 1.82) is 5.26 Å². The van der Waals surface area contributed by atoms with E-state index in [9.17, 15) is 8.42 Å². The molecule has 0 aliphatic heterocycles. The summed E-state index contributed by atoms with van der Waals surface area (Å²) in [6, 6.07) is 6.06. The second-order valence-electron chi connectivity index (χ2n) is 4.13. The molecule has 9 heteroatoms. The molecule has 1 aromatic heterocycles. The van der Waals surface area contributed by atoms with Crippen molar-refractivity contribution < 1.29 is 8.42 Å². The third-order valence-corrected chi connectivity index (χ3v) is 4.43. The third kappa shape index (κ3) is 2.34. The van der Waals surface area contributed by atoms with Crippen LogP contribution in [-0.2, 0) is 10.0 Å². The highest BCUT2D eigenvalue weighted by atomic mass is 32.2. The summed E-state index contributed by atoms with van der Waals surface area (Å²) in [5, 5.41) is 12.6. The van der Waals surface area contributed by atoms with Gasteiger partial charge in [-0.05, 0) is 18.2 Å². The number of anilines is 1. The number of benzene rings is 1. The van der Waals surface area contributed by atoms with Gasteiger partial charge in [0.15, 0.2) is 0 Å². The average Bonchev–Trinajstić information content (AvgIpc) is 2.87. The maximum absolute atomic E-state index is 12.1. The van der Waals surface area contributed by atoms with Crippen LogP contribution in [0.2, 0.25) is 0 Å². The molecule has 20 heavy (non-hydrogen) atoms. The first-order valence-corrected chi connectivity index (χ1v) is 6.94. The van der Waals surface area contributed by atoms with Crippen LogP contribution in [0.5, 0.6) is 0 Å². The zero-order chi connectivity index (χ0) is 14.9. The Kier molecular flexibility index (Phi) is 3.44. The minimum Gasteiger partial charge on any atom is -0.397 e. The predicted molar refractivity (Wildman–Crippen MR) is 71.4 cm³/mol. The number of hydrogen-bond acceptors (Lipinski definition) is 6. The van der Waals surface area contributed by atoms with Gasteiger partial charge < -0.3 is 5.73 Å². The van der Waals surface area contributed by atoms with Crippen LogP contribution in [-0.4, -0.2) is 41.6 Å². The van der Waals surface area contributed by atoms with E-state index in [1.54, 1.807) is 6.07 Å². The van der Waals surface area contributed by atoms with E-state index in [0.717, 1.165) is 4.31 Å². The molecular formula is C11H12N6O2S. The summed E-state index contributed by atoms with van der Waals surface area (Å²) >= 11 is 0. The van der Waals surface area contributed by atoms with Crippen molar-refractivity contribution >= 4 is 15.7 Å². The molecule has 0 aliphatic rings. The zero-order valence-electron chi connectivity index (χ0n) is 10.8. The monoisotopic (exact) mass is 292 g/mol. The highest BCUT2D eigenvalue weighted by molar-refractivity contribution is 7.89. The van der Waals surface area contributed by atoms with E-state index < -0.39 is 10.0 Å². The Balaban J connectivity index is 2.58. The largest absolute Gasteiger partial charge is 0.397 e. The second-order valence-corrected chi connectivity index (χ2v) is 6.28. The van der Waals surface area contributed by atoms with Gasteiger partial charge in [-0.2, -0.15) is 5.26 Å². The highest BCUT2D eigenvalue weighted by Crippen LogP contribution is 2.22. The Labute approximate surface area is 116 Å². The van der Waals surface area contributed by atoms with E-state index >= 15 is 0 Å². The van der Waals surface area contributed by atoms with E-state index in [0.29, 0.717) is 11.4 Å². The highest BCUT2D eigenvalue weighted by Gasteiger charge is 2.19. The normalized spacial score (nSPS) is 11.5. The van der Waals surface area contributed by atoms with Crippen LogP contribution in [0.1, 0.15) is 5.82 Å². The van der Waals surface area contributed by atoms with Gasteiger partial charge in [0, 0.05) is 14.1 Å². The molecule has 0 saturated heterocycles. The number of nitriles is 1. The Morgan fingerprint density at radius 3 is 2.65 bits per heavy atom. The minimum atomic E-state index is -3.57. The molecule has 0 amide bonds. The quantitative estimate of drug-likeness (QED) is 0.794. The third-order valence-electron chi connectivity index (χ3n) is 2.62. The maximum atomic E-state index is 12.1. The summed E-state index contributed by atoms with van der Waals surface area (Å²) in [6.07, 6.45) is 1.30. The Morgan fingerprint density at radius 1 is 1.40 bits per heavy atom. The predicted octanol–water partition coefficient (Wildman–Crippen LogP) is -0.0285. The molecule has 0 spiro atoms. The number of nitrogens with two attached hydrogens (primary N) is 1. The van der Waals surface area contributed by atoms with Crippen molar-refractivity contribution in [2.75, 3.05) is 19.8 Å². The molecule has 1 heterocycles. The van der Waals surface area contributed by atoms with Gasteiger partial charge in [0.1, 0.15) is 12.4 Å². The van der Waals surface area contributed by atoms with E-state index in [1.165, 1.54) is 43.3 Å². The van der Waals surface area contributed by atoms with Crippen LogP contribution in [0.3, 0.4) is 0 Å². The lowest BCUT2D eigenvalue weighted by atomic mass is 10.3. The molecule has 2 rings (SSSR count). The van der Waals surface area contributed by atoms with E-state index in [2.05, 4.69) is 10.1 Å². The van der Waals surface area contributed by atoms with Crippen LogP contribution < -0.4 is 5.73 Å². The number of hydrogen-bond donors (Lipinski definition) is 1. The van der Waals surface area contributed by atoms with Crippen molar-refractivity contribution in [3.63, 3.8) is 0 Å². The topological polar surface area (TPSA) is 118 Å². The minimum absolute atomic E-state index is 0.0229. The second kappa shape index (κ2) is 4.92. The number of nitrogens with zero attached hydrogens (tertiary/aromatic N) is 5. The molecule has 104 valence electrons. The molecule has 0 fully saturated rings. The summed E-state index contributed by atoms with van der Waals surface area (Å²) in [4.78, 5) is 3.84. The van der Waals surface area contributed by atoms with Crippen LogP contribution in [0.4, 0.5) is 5.69 Å². The average molecular weight is 292 g/mol. The van der Waals surface area contributed by atoms with E-state index in [4.69, 9.17) is 11.0 Å². The molecule has 0 bridgehead atoms. The number of aromatic nitrogens is 3. The van der Waals surface area contributed by atoms with Crippen LogP contribution in [0, 0.1) is 11.3 Å². The fourth-order valence-corrected chi connectivity index (χ4v) is 2.45. The SMILES string of the molecule is CN(C)S(=O)(=O)c1ccc(N)c(-n2cnc(C#N)n2)c1. The Bertz CT molecular complexity index is 787. The molecule has 8 nitrogen and oxygen atoms in total. The lowest BCUT2D eigenvalue weighted by Gasteiger charge is -2.13. The smallest absolute Gasteiger partial charge is 0.252 e.